The second-order valence-electron chi connectivity index (χ2n) is 8.18. The lowest BCUT2D eigenvalue weighted by Gasteiger charge is -2.16. The summed E-state index contributed by atoms with van der Waals surface area (Å²) < 4.78 is 42.3. The quantitative estimate of drug-likeness (QED) is 0.255. The van der Waals surface area contributed by atoms with Crippen LogP contribution in [0.2, 0.25) is 0 Å². The Morgan fingerprint density at radius 3 is 2.06 bits per heavy atom. The number of hydrogen-bond acceptors (Lipinski definition) is 4. The summed E-state index contributed by atoms with van der Waals surface area (Å²) in [5.41, 5.74) is 4.34. The SMILES string of the molecule is CCCCCCc1ccc(-c2ccc(-c3ccc(C(=O)OC(C(=O)O)C(F)(F)F)cc3)cn2)cc1. The average molecular weight is 486 g/mol. The molecule has 8 heteroatoms. The summed E-state index contributed by atoms with van der Waals surface area (Å²) in [6.07, 6.45) is -0.810. The van der Waals surface area contributed by atoms with Crippen LogP contribution in [0.25, 0.3) is 22.4 Å². The highest BCUT2D eigenvalue weighted by atomic mass is 19.4. The summed E-state index contributed by atoms with van der Waals surface area (Å²) in [7, 11) is 0. The highest BCUT2D eigenvalue weighted by molar-refractivity contribution is 5.92. The molecule has 1 aromatic heterocycles. The van der Waals surface area contributed by atoms with Crippen molar-refractivity contribution < 1.29 is 32.6 Å². The van der Waals surface area contributed by atoms with Crippen molar-refractivity contribution in [1.29, 1.82) is 0 Å². The number of esters is 1. The molecule has 0 bridgehead atoms. The normalized spacial score (nSPS) is 12.2. The molecule has 1 N–H and O–H groups in total. The van der Waals surface area contributed by atoms with Crippen LogP contribution in [0.4, 0.5) is 13.2 Å². The van der Waals surface area contributed by atoms with Crippen LogP contribution in [0.3, 0.4) is 0 Å². The van der Waals surface area contributed by atoms with Gasteiger partial charge in [-0.05, 0) is 42.2 Å². The van der Waals surface area contributed by atoms with Gasteiger partial charge >= 0.3 is 18.1 Å². The van der Waals surface area contributed by atoms with E-state index in [2.05, 4.69) is 28.8 Å². The van der Waals surface area contributed by atoms with Crippen LogP contribution in [-0.4, -0.2) is 34.3 Å². The monoisotopic (exact) mass is 485 g/mol. The number of carbonyl (C=O) groups is 2. The highest BCUT2D eigenvalue weighted by Crippen LogP contribution is 2.26. The smallest absolute Gasteiger partial charge is 0.436 e. The van der Waals surface area contributed by atoms with Gasteiger partial charge in [0.05, 0.1) is 11.3 Å². The number of halogens is 3. The first-order valence-corrected chi connectivity index (χ1v) is 11.4. The third kappa shape index (κ3) is 7.15. The molecule has 1 atom stereocenters. The second-order valence-corrected chi connectivity index (χ2v) is 8.18. The van der Waals surface area contributed by atoms with Crippen molar-refractivity contribution in [3.05, 3.63) is 78.0 Å². The molecule has 0 aliphatic heterocycles. The standard InChI is InChI=1S/C27H26F3NO4/c1-2-3-4-5-6-18-7-9-20(10-8-18)23-16-15-22(17-31-23)19-11-13-21(14-12-19)26(34)35-24(25(32)33)27(28,29)30/h7-17,24H,2-6H2,1H3,(H,32,33). The summed E-state index contributed by atoms with van der Waals surface area (Å²) in [4.78, 5) is 27.2. The van der Waals surface area contributed by atoms with Crippen LogP contribution in [0.5, 0.6) is 0 Å². The van der Waals surface area contributed by atoms with Gasteiger partial charge in [0, 0.05) is 17.3 Å². The summed E-state index contributed by atoms with van der Waals surface area (Å²) in [5, 5.41) is 8.66. The number of aliphatic carboxylic acids is 1. The molecule has 0 radical (unpaired) electrons. The van der Waals surface area contributed by atoms with Gasteiger partial charge in [-0.2, -0.15) is 13.2 Å². The number of nitrogens with zero attached hydrogens (tertiary/aromatic N) is 1. The Labute approximate surface area is 201 Å². The van der Waals surface area contributed by atoms with Crippen molar-refractivity contribution >= 4 is 11.9 Å². The van der Waals surface area contributed by atoms with Gasteiger partial charge in [-0.15, -0.1) is 0 Å². The van der Waals surface area contributed by atoms with Crippen LogP contribution in [0.15, 0.2) is 66.9 Å². The van der Waals surface area contributed by atoms with E-state index in [1.54, 1.807) is 6.20 Å². The fraction of sp³-hybridized carbons (Fsp3) is 0.296. The van der Waals surface area contributed by atoms with Gasteiger partial charge in [-0.1, -0.05) is 68.7 Å². The van der Waals surface area contributed by atoms with Gasteiger partial charge in [0.1, 0.15) is 0 Å². The molecule has 0 saturated heterocycles. The molecule has 5 nitrogen and oxygen atoms in total. The maximum Gasteiger partial charge on any atom is 0.436 e. The number of alkyl halides is 3. The molecular formula is C27H26F3NO4. The molecule has 0 spiro atoms. The predicted octanol–water partition coefficient (Wildman–Crippen LogP) is 6.71. The Bertz CT molecular complexity index is 1130. The fourth-order valence-electron chi connectivity index (χ4n) is 3.56. The minimum atomic E-state index is -5.20. The molecule has 184 valence electrons. The Balaban J connectivity index is 1.64. The minimum Gasteiger partial charge on any atom is -0.478 e. The zero-order valence-corrected chi connectivity index (χ0v) is 19.2. The minimum absolute atomic E-state index is 0.191. The molecule has 2 aromatic carbocycles. The maximum atomic E-state index is 12.7. The van der Waals surface area contributed by atoms with E-state index >= 15 is 0 Å². The zero-order chi connectivity index (χ0) is 25.4. The summed E-state index contributed by atoms with van der Waals surface area (Å²) >= 11 is 0. The van der Waals surface area contributed by atoms with Crippen LogP contribution in [0, 0.1) is 0 Å². The number of carbonyl (C=O) groups excluding carboxylic acids is 1. The van der Waals surface area contributed by atoms with Gasteiger partial charge in [0.25, 0.3) is 6.10 Å². The van der Waals surface area contributed by atoms with Gasteiger partial charge in [0.2, 0.25) is 0 Å². The number of ether oxygens (including phenoxy) is 1. The Morgan fingerprint density at radius 2 is 1.51 bits per heavy atom. The number of pyridine rings is 1. The third-order valence-electron chi connectivity index (χ3n) is 5.53. The molecular weight excluding hydrogens is 459 g/mol. The largest absolute Gasteiger partial charge is 0.478 e. The lowest BCUT2D eigenvalue weighted by atomic mass is 10.0. The number of benzene rings is 2. The first-order chi connectivity index (χ1) is 16.7. The van der Waals surface area contributed by atoms with E-state index in [1.165, 1.54) is 55.5 Å². The zero-order valence-electron chi connectivity index (χ0n) is 19.2. The average Bonchev–Trinajstić information content (AvgIpc) is 2.85. The first-order valence-electron chi connectivity index (χ1n) is 11.4. The number of hydrogen-bond donors (Lipinski definition) is 1. The van der Waals surface area contributed by atoms with E-state index in [-0.39, 0.29) is 5.56 Å². The van der Waals surface area contributed by atoms with Crippen LogP contribution < -0.4 is 0 Å². The summed E-state index contributed by atoms with van der Waals surface area (Å²) in [6, 6.07) is 17.7. The Hall–Kier alpha value is -3.68. The second kappa shape index (κ2) is 11.6. The van der Waals surface area contributed by atoms with Gasteiger partial charge in [-0.3, -0.25) is 4.98 Å². The van der Waals surface area contributed by atoms with Crippen LogP contribution in [0.1, 0.15) is 48.5 Å². The van der Waals surface area contributed by atoms with E-state index in [0.717, 1.165) is 23.2 Å². The van der Waals surface area contributed by atoms with Crippen LogP contribution in [-0.2, 0) is 16.0 Å². The molecule has 1 unspecified atom stereocenters. The van der Waals surface area contributed by atoms with Crippen molar-refractivity contribution in [3.8, 4) is 22.4 Å². The van der Waals surface area contributed by atoms with E-state index in [1.807, 2.05) is 24.3 Å². The van der Waals surface area contributed by atoms with Crippen molar-refractivity contribution in [3.63, 3.8) is 0 Å². The molecule has 3 aromatic rings. The van der Waals surface area contributed by atoms with E-state index in [9.17, 15) is 22.8 Å². The van der Waals surface area contributed by atoms with Crippen molar-refractivity contribution in [1.82, 2.24) is 4.98 Å². The van der Waals surface area contributed by atoms with Gasteiger partial charge < -0.3 is 9.84 Å². The first kappa shape index (κ1) is 25.9. The third-order valence-corrected chi connectivity index (χ3v) is 5.53. The van der Waals surface area contributed by atoms with E-state index in [0.29, 0.717) is 5.56 Å². The van der Waals surface area contributed by atoms with Gasteiger partial charge in [0.15, 0.2) is 0 Å². The molecule has 0 fully saturated rings. The molecule has 1 heterocycles. The highest BCUT2D eigenvalue weighted by Gasteiger charge is 2.48. The molecule has 35 heavy (non-hydrogen) atoms. The molecule has 0 saturated carbocycles. The molecule has 3 rings (SSSR count). The Kier molecular flexibility index (Phi) is 8.63. The number of aromatic nitrogens is 1. The van der Waals surface area contributed by atoms with Crippen molar-refractivity contribution in [2.75, 3.05) is 0 Å². The number of rotatable bonds is 10. The number of carboxylic acid groups (broad SMARTS) is 1. The Morgan fingerprint density at radius 1 is 0.886 bits per heavy atom. The van der Waals surface area contributed by atoms with Crippen LogP contribution >= 0.6 is 0 Å². The molecule has 0 amide bonds. The number of aryl methyl sites for hydroxylation is 1. The van der Waals surface area contributed by atoms with E-state index < -0.39 is 24.2 Å². The van der Waals surface area contributed by atoms with Crippen molar-refractivity contribution in [2.24, 2.45) is 0 Å². The van der Waals surface area contributed by atoms with E-state index in [4.69, 9.17) is 5.11 Å². The van der Waals surface area contributed by atoms with Crippen molar-refractivity contribution in [2.45, 2.75) is 51.3 Å². The maximum absolute atomic E-state index is 12.7. The summed E-state index contributed by atoms with van der Waals surface area (Å²) in [5.74, 6) is -3.65. The molecule has 0 aliphatic rings. The lowest BCUT2D eigenvalue weighted by Crippen LogP contribution is -2.40. The lowest BCUT2D eigenvalue weighted by molar-refractivity contribution is -0.214. The molecule has 0 aliphatic carbocycles. The number of carboxylic acids is 1. The topological polar surface area (TPSA) is 76.5 Å². The van der Waals surface area contributed by atoms with Gasteiger partial charge in [-0.25, -0.2) is 9.59 Å². The predicted molar refractivity (Wildman–Crippen MR) is 126 cm³/mol. The fourth-order valence-corrected chi connectivity index (χ4v) is 3.56. The number of unbranched alkanes of at least 4 members (excludes halogenated alkanes) is 3. The summed E-state index contributed by atoms with van der Waals surface area (Å²) in [6.45, 7) is 2.19.